The fourth-order valence-corrected chi connectivity index (χ4v) is 3.85. The molecule has 0 aliphatic heterocycles. The zero-order valence-electron chi connectivity index (χ0n) is 23.4. The molecule has 2 amide bonds. The van der Waals surface area contributed by atoms with E-state index in [1.165, 1.54) is 10.9 Å². The lowest BCUT2D eigenvalue weighted by atomic mass is 10.2. The Kier molecular flexibility index (Phi) is 12.0. The molecule has 1 heterocycles. The normalized spacial score (nSPS) is 11.4. The van der Waals surface area contributed by atoms with Crippen LogP contribution in [0, 0.1) is 0 Å². The third-order valence-corrected chi connectivity index (χ3v) is 6.08. The van der Waals surface area contributed by atoms with E-state index in [1.807, 2.05) is 32.0 Å². The number of aromatic nitrogens is 2. The maximum atomic E-state index is 13.2. The third kappa shape index (κ3) is 8.86. The average Bonchev–Trinajstić information content (AvgIpc) is 3.40. The molecule has 0 bridgehead atoms. The van der Waals surface area contributed by atoms with Gasteiger partial charge in [0.1, 0.15) is 23.8 Å². The average molecular weight is 551 g/mol. The number of para-hydroxylation sites is 1. The first-order valence-electron chi connectivity index (χ1n) is 13.6. The lowest BCUT2D eigenvalue weighted by molar-refractivity contribution is 0.0123. The minimum absolute atomic E-state index is 0.0129. The van der Waals surface area contributed by atoms with Crippen LogP contribution >= 0.6 is 0 Å². The van der Waals surface area contributed by atoms with Crippen LogP contribution in [-0.4, -0.2) is 60.2 Å². The van der Waals surface area contributed by atoms with E-state index < -0.39 is 23.9 Å². The number of rotatable bonds is 16. The molecule has 0 aliphatic rings. The van der Waals surface area contributed by atoms with Crippen LogP contribution in [0.25, 0.3) is 0 Å². The number of nitrogens with one attached hydrogen (secondary N) is 2. The number of benzene rings is 2. The molecule has 0 radical (unpaired) electrons. The Morgan fingerprint density at radius 2 is 1.52 bits per heavy atom. The molecule has 214 valence electrons. The van der Waals surface area contributed by atoms with E-state index in [-0.39, 0.29) is 24.5 Å². The van der Waals surface area contributed by atoms with Crippen molar-refractivity contribution >= 4 is 17.8 Å². The number of imidazole rings is 1. The van der Waals surface area contributed by atoms with Crippen molar-refractivity contribution in [1.82, 2.24) is 20.2 Å². The summed E-state index contributed by atoms with van der Waals surface area (Å²) < 4.78 is 18.4. The van der Waals surface area contributed by atoms with E-state index >= 15 is 0 Å². The highest BCUT2D eigenvalue weighted by Crippen LogP contribution is 2.17. The summed E-state index contributed by atoms with van der Waals surface area (Å²) >= 11 is 0. The quantitative estimate of drug-likeness (QED) is 0.202. The van der Waals surface area contributed by atoms with Gasteiger partial charge in [-0.2, -0.15) is 0 Å². The molecule has 0 fully saturated rings. The Morgan fingerprint density at radius 1 is 0.875 bits per heavy atom. The molecule has 0 saturated carbocycles. The summed E-state index contributed by atoms with van der Waals surface area (Å²) in [5.41, 5.74) is 0.467. The van der Waals surface area contributed by atoms with Gasteiger partial charge in [-0.25, -0.2) is 9.78 Å². The molecule has 0 spiro atoms. The molecule has 1 aromatic heterocycles. The number of ether oxygens (including phenoxy) is 3. The predicted molar refractivity (Wildman–Crippen MR) is 151 cm³/mol. The first-order valence-corrected chi connectivity index (χ1v) is 13.6. The van der Waals surface area contributed by atoms with Gasteiger partial charge in [0.2, 0.25) is 0 Å². The summed E-state index contributed by atoms with van der Waals surface area (Å²) in [4.78, 5) is 43.4. The molecule has 1 atom stereocenters. The van der Waals surface area contributed by atoms with Crippen LogP contribution in [0.1, 0.15) is 70.9 Å². The number of amides is 2. The van der Waals surface area contributed by atoms with Gasteiger partial charge in [0.05, 0.1) is 25.5 Å². The molecule has 0 unspecified atom stereocenters. The SMILES string of the molecule is CCCCNC(=O)c1ncn(C[C@H](COc2ccccc2)OC(=O)c2ccc(OC)cc2)c1C(=O)NCCCC. The van der Waals surface area contributed by atoms with Crippen LogP contribution in [0.4, 0.5) is 0 Å². The van der Waals surface area contributed by atoms with Crippen molar-refractivity contribution in [3.63, 3.8) is 0 Å². The van der Waals surface area contributed by atoms with Gasteiger partial charge in [0.15, 0.2) is 11.8 Å². The highest BCUT2D eigenvalue weighted by Gasteiger charge is 2.27. The van der Waals surface area contributed by atoms with E-state index in [1.54, 1.807) is 43.5 Å². The van der Waals surface area contributed by atoms with Gasteiger partial charge in [-0.1, -0.05) is 44.9 Å². The van der Waals surface area contributed by atoms with Crippen LogP contribution < -0.4 is 20.1 Å². The lowest BCUT2D eigenvalue weighted by Crippen LogP contribution is -2.34. The molecule has 10 nitrogen and oxygen atoms in total. The van der Waals surface area contributed by atoms with E-state index in [0.29, 0.717) is 30.2 Å². The van der Waals surface area contributed by atoms with Gasteiger partial charge in [0, 0.05) is 13.1 Å². The Morgan fingerprint density at radius 3 is 2.15 bits per heavy atom. The summed E-state index contributed by atoms with van der Waals surface area (Å²) in [6.07, 6.45) is 4.05. The Balaban J connectivity index is 1.86. The fraction of sp³-hybridized carbons (Fsp3) is 0.400. The standard InChI is InChI=1S/C30H38N4O6/c1-4-6-17-31-28(35)26-27(29(36)32-18-7-5-2)34(21-33-26)19-25(20-39-24-11-9-8-10-12-24)40-30(37)22-13-15-23(38-3)16-14-22/h8-16,21,25H,4-7,17-20H2,1-3H3,(H,31,35)(H,32,36)/t25-/m1/s1. The second-order valence-electron chi connectivity index (χ2n) is 9.19. The van der Waals surface area contributed by atoms with Crippen LogP contribution in [0.5, 0.6) is 11.5 Å². The van der Waals surface area contributed by atoms with Crippen LogP contribution in [0.3, 0.4) is 0 Å². The van der Waals surface area contributed by atoms with Crippen LogP contribution in [-0.2, 0) is 11.3 Å². The van der Waals surface area contributed by atoms with Crippen LogP contribution in [0.15, 0.2) is 60.9 Å². The molecule has 2 aromatic carbocycles. The van der Waals surface area contributed by atoms with Crippen molar-refractivity contribution in [1.29, 1.82) is 0 Å². The maximum absolute atomic E-state index is 13.2. The van der Waals surface area contributed by atoms with Gasteiger partial charge in [0.25, 0.3) is 11.8 Å². The number of unbranched alkanes of at least 4 members (excludes halogenated alkanes) is 2. The maximum Gasteiger partial charge on any atom is 0.338 e. The molecule has 10 heteroatoms. The predicted octanol–water partition coefficient (Wildman–Crippen LogP) is 4.26. The van der Waals surface area contributed by atoms with E-state index in [9.17, 15) is 14.4 Å². The molecule has 2 N–H and O–H groups in total. The van der Waals surface area contributed by atoms with E-state index in [0.717, 1.165) is 25.7 Å². The number of carbonyl (C=O) groups excluding carboxylic acids is 3. The summed E-state index contributed by atoms with van der Waals surface area (Å²) in [5, 5.41) is 5.69. The van der Waals surface area contributed by atoms with E-state index in [4.69, 9.17) is 14.2 Å². The van der Waals surface area contributed by atoms with E-state index in [2.05, 4.69) is 15.6 Å². The highest BCUT2D eigenvalue weighted by molar-refractivity contribution is 6.05. The van der Waals surface area contributed by atoms with Gasteiger partial charge in [-0.3, -0.25) is 9.59 Å². The number of hydrogen-bond donors (Lipinski definition) is 2. The Bertz CT molecular complexity index is 1230. The first-order chi connectivity index (χ1) is 19.5. The molecule has 0 saturated heterocycles. The third-order valence-electron chi connectivity index (χ3n) is 6.08. The Labute approximate surface area is 235 Å². The lowest BCUT2D eigenvalue weighted by Gasteiger charge is -2.20. The van der Waals surface area contributed by atoms with Crippen molar-refractivity contribution < 1.29 is 28.6 Å². The number of nitrogens with zero attached hydrogens (tertiary/aromatic N) is 2. The molecule has 40 heavy (non-hydrogen) atoms. The second kappa shape index (κ2) is 15.9. The zero-order chi connectivity index (χ0) is 28.7. The van der Waals surface area contributed by atoms with Crippen molar-refractivity contribution in [2.45, 2.75) is 52.2 Å². The summed E-state index contributed by atoms with van der Waals surface area (Å²) in [5.74, 6) is -0.193. The monoisotopic (exact) mass is 550 g/mol. The smallest absolute Gasteiger partial charge is 0.338 e. The van der Waals surface area contributed by atoms with Crippen molar-refractivity contribution in [3.8, 4) is 11.5 Å². The van der Waals surface area contributed by atoms with Gasteiger partial charge < -0.3 is 29.4 Å². The molecule has 3 aromatic rings. The highest BCUT2D eigenvalue weighted by atomic mass is 16.6. The molecule has 0 aliphatic carbocycles. The van der Waals surface area contributed by atoms with Crippen LogP contribution in [0.2, 0.25) is 0 Å². The number of esters is 1. The van der Waals surface area contributed by atoms with Crippen molar-refractivity contribution in [2.24, 2.45) is 0 Å². The van der Waals surface area contributed by atoms with Crippen molar-refractivity contribution in [3.05, 3.63) is 77.9 Å². The number of carbonyl (C=O) groups is 3. The Hall–Kier alpha value is -4.34. The molecular weight excluding hydrogens is 512 g/mol. The molecular formula is C30H38N4O6. The van der Waals surface area contributed by atoms with Gasteiger partial charge in [-0.05, 0) is 49.2 Å². The van der Waals surface area contributed by atoms with Crippen molar-refractivity contribution in [2.75, 3.05) is 26.8 Å². The minimum atomic E-state index is -0.804. The van der Waals surface area contributed by atoms with Gasteiger partial charge >= 0.3 is 5.97 Å². The zero-order valence-corrected chi connectivity index (χ0v) is 23.4. The fourth-order valence-electron chi connectivity index (χ4n) is 3.85. The largest absolute Gasteiger partial charge is 0.497 e. The molecule has 3 rings (SSSR count). The summed E-state index contributed by atoms with van der Waals surface area (Å²) in [6.45, 7) is 5.05. The summed E-state index contributed by atoms with van der Waals surface area (Å²) in [7, 11) is 1.55. The second-order valence-corrected chi connectivity index (χ2v) is 9.19. The number of methoxy groups -OCH3 is 1. The topological polar surface area (TPSA) is 121 Å². The summed E-state index contributed by atoms with van der Waals surface area (Å²) in [6, 6.07) is 15.7. The minimum Gasteiger partial charge on any atom is -0.497 e. The van der Waals surface area contributed by atoms with Gasteiger partial charge in [-0.15, -0.1) is 0 Å². The first kappa shape index (κ1) is 30.2. The number of hydrogen-bond acceptors (Lipinski definition) is 7.